The van der Waals surface area contributed by atoms with Crippen LogP contribution in [0.1, 0.15) is 37.1 Å². The molecule has 1 aliphatic heterocycles. The van der Waals surface area contributed by atoms with Crippen LogP contribution in [0.5, 0.6) is 5.75 Å². The Balaban J connectivity index is 1.23. The number of amides is 1. The summed E-state index contributed by atoms with van der Waals surface area (Å²) >= 11 is 0. The first-order valence-electron chi connectivity index (χ1n) is 11.0. The van der Waals surface area contributed by atoms with Crippen molar-refractivity contribution >= 4 is 23.4 Å². The lowest BCUT2D eigenvalue weighted by molar-refractivity contribution is -0.141. The number of hydrogen-bond donors (Lipinski definition) is 2. The maximum atomic E-state index is 12.6. The van der Waals surface area contributed by atoms with E-state index in [9.17, 15) is 18.0 Å². The summed E-state index contributed by atoms with van der Waals surface area (Å²) in [6.07, 6.45) is 0.693. The van der Waals surface area contributed by atoms with Gasteiger partial charge in [0.15, 0.2) is 5.82 Å². The molecule has 1 fully saturated rings. The van der Waals surface area contributed by atoms with Crippen molar-refractivity contribution in [1.29, 1.82) is 0 Å². The molecule has 4 rings (SSSR count). The van der Waals surface area contributed by atoms with Gasteiger partial charge in [0.05, 0.1) is 25.0 Å². The van der Waals surface area contributed by atoms with E-state index >= 15 is 0 Å². The highest BCUT2D eigenvalue weighted by Crippen LogP contribution is 2.32. The molecule has 0 spiro atoms. The Morgan fingerprint density at radius 1 is 1.18 bits per heavy atom. The first-order chi connectivity index (χ1) is 15.7. The third kappa shape index (κ3) is 5.63. The fourth-order valence-electron chi connectivity index (χ4n) is 4.21. The molecule has 0 aromatic carbocycles. The summed E-state index contributed by atoms with van der Waals surface area (Å²) in [5.41, 5.74) is 0.460. The molecule has 0 bridgehead atoms. The second kappa shape index (κ2) is 9.40. The van der Waals surface area contributed by atoms with E-state index in [0.29, 0.717) is 41.6 Å². The van der Waals surface area contributed by atoms with Crippen molar-refractivity contribution < 1.29 is 22.7 Å². The van der Waals surface area contributed by atoms with E-state index in [4.69, 9.17) is 4.74 Å². The van der Waals surface area contributed by atoms with Crippen molar-refractivity contribution in [2.75, 3.05) is 42.3 Å². The third-order valence-corrected chi connectivity index (χ3v) is 6.11. The summed E-state index contributed by atoms with van der Waals surface area (Å²) in [6, 6.07) is 2.25. The zero-order chi connectivity index (χ0) is 23.6. The summed E-state index contributed by atoms with van der Waals surface area (Å²) in [6.45, 7) is 3.34. The number of aryl methyl sites for hydroxylation is 1. The highest BCUT2D eigenvalue weighted by molar-refractivity contribution is 6.00. The van der Waals surface area contributed by atoms with Crippen molar-refractivity contribution in [3.63, 3.8) is 0 Å². The Morgan fingerprint density at radius 3 is 2.58 bits per heavy atom. The predicted octanol–water partition coefficient (Wildman–Crippen LogP) is 3.88. The summed E-state index contributed by atoms with van der Waals surface area (Å²) < 4.78 is 43.4. The number of pyridine rings is 1. The van der Waals surface area contributed by atoms with E-state index in [-0.39, 0.29) is 12.5 Å². The first-order valence-corrected chi connectivity index (χ1v) is 11.0. The van der Waals surface area contributed by atoms with E-state index < -0.39 is 11.9 Å². The monoisotopic (exact) mass is 464 g/mol. The van der Waals surface area contributed by atoms with Crippen LogP contribution in [0.4, 0.5) is 30.6 Å². The van der Waals surface area contributed by atoms with Crippen LogP contribution in [-0.2, 0) is 11.0 Å². The molecule has 0 atom stereocenters. The number of alkyl halides is 3. The zero-order valence-corrected chi connectivity index (χ0v) is 18.6. The maximum absolute atomic E-state index is 12.6. The molecule has 1 amide bonds. The number of fused-ring (bicyclic) bond motifs is 1. The van der Waals surface area contributed by atoms with E-state index in [1.165, 1.54) is 6.07 Å². The van der Waals surface area contributed by atoms with Crippen molar-refractivity contribution in [2.24, 2.45) is 11.8 Å². The molecule has 3 heterocycles. The number of rotatable bonds is 6. The van der Waals surface area contributed by atoms with Crippen LogP contribution in [0.2, 0.25) is 0 Å². The average Bonchev–Trinajstić information content (AvgIpc) is 2.77. The lowest BCUT2D eigenvalue weighted by Gasteiger charge is -2.29. The molecule has 0 radical (unpaired) electrons. The Labute approximate surface area is 190 Å². The number of carbonyl (C=O) groups excluding carboxylic acids is 1. The molecule has 1 aliphatic carbocycles. The van der Waals surface area contributed by atoms with E-state index in [2.05, 4.69) is 25.6 Å². The highest BCUT2D eigenvalue weighted by atomic mass is 19.4. The lowest BCUT2D eigenvalue weighted by Crippen LogP contribution is -2.37. The van der Waals surface area contributed by atoms with Gasteiger partial charge in [-0.05, 0) is 56.6 Å². The van der Waals surface area contributed by atoms with Crippen LogP contribution in [0.15, 0.2) is 18.3 Å². The van der Waals surface area contributed by atoms with Gasteiger partial charge in [-0.2, -0.15) is 18.2 Å². The molecular weight excluding hydrogens is 437 g/mol. The molecule has 0 unspecified atom stereocenters. The van der Waals surface area contributed by atoms with Gasteiger partial charge >= 0.3 is 6.18 Å². The van der Waals surface area contributed by atoms with Gasteiger partial charge in [0.1, 0.15) is 17.1 Å². The quantitative estimate of drug-likeness (QED) is 0.670. The molecule has 2 aromatic heterocycles. The number of carbonyl (C=O) groups is 1. The summed E-state index contributed by atoms with van der Waals surface area (Å²) in [7, 11) is 1.83. The summed E-state index contributed by atoms with van der Waals surface area (Å²) in [5.74, 6) is 2.38. The molecule has 0 saturated heterocycles. The zero-order valence-electron chi connectivity index (χ0n) is 18.6. The molecule has 178 valence electrons. The van der Waals surface area contributed by atoms with Crippen LogP contribution in [0.3, 0.4) is 0 Å². The van der Waals surface area contributed by atoms with Crippen LogP contribution >= 0.6 is 0 Å². The van der Waals surface area contributed by atoms with Gasteiger partial charge in [-0.15, -0.1) is 0 Å². The van der Waals surface area contributed by atoms with Gasteiger partial charge in [0.25, 0.3) is 0 Å². The van der Waals surface area contributed by atoms with Gasteiger partial charge in [0.2, 0.25) is 11.9 Å². The Hall–Kier alpha value is -3.11. The second-order valence-corrected chi connectivity index (χ2v) is 8.69. The highest BCUT2D eigenvalue weighted by Gasteiger charge is 2.32. The number of anilines is 3. The fourth-order valence-corrected chi connectivity index (χ4v) is 4.21. The molecule has 2 aromatic rings. The van der Waals surface area contributed by atoms with E-state index in [1.807, 2.05) is 18.9 Å². The number of aromatic nitrogens is 3. The number of nitrogens with zero attached hydrogens (tertiary/aromatic N) is 4. The summed E-state index contributed by atoms with van der Waals surface area (Å²) in [4.78, 5) is 26.0. The normalized spacial score (nSPS) is 20.8. The fraction of sp³-hybridized carbons (Fsp3) is 0.545. The molecule has 2 N–H and O–H groups in total. The Morgan fingerprint density at radius 2 is 1.91 bits per heavy atom. The maximum Gasteiger partial charge on any atom is 0.433 e. The van der Waals surface area contributed by atoms with Crippen molar-refractivity contribution in [3.8, 4) is 5.75 Å². The van der Waals surface area contributed by atoms with Crippen molar-refractivity contribution in [2.45, 2.75) is 38.8 Å². The average molecular weight is 464 g/mol. The topological polar surface area (TPSA) is 92.3 Å². The molecule has 33 heavy (non-hydrogen) atoms. The minimum absolute atomic E-state index is 0.0762. The standard InChI is InChI=1S/C22H27F3N6O2/c1-13-19-20(31(2)11-18(32)29-19)30-21(28-13)27-9-14-3-5-15(6-4-14)12-33-16-7-8-17(26-10-16)22(23,24)25/h7-8,10,14-15H,3-6,9,11-12H2,1-2H3,(H,29,32)(H,27,28,30)/t14-,15-. The first kappa shape index (κ1) is 23.1. The number of hydrogen-bond acceptors (Lipinski definition) is 7. The van der Waals surface area contributed by atoms with Gasteiger partial charge < -0.3 is 20.3 Å². The van der Waals surface area contributed by atoms with E-state index in [0.717, 1.165) is 50.2 Å². The summed E-state index contributed by atoms with van der Waals surface area (Å²) in [5, 5.41) is 6.16. The Kier molecular flexibility index (Phi) is 6.57. The molecule has 2 aliphatic rings. The third-order valence-electron chi connectivity index (χ3n) is 6.11. The number of ether oxygens (including phenoxy) is 1. The number of likely N-dealkylation sites (N-methyl/N-ethyl adjacent to an activating group) is 1. The molecular formula is C22H27F3N6O2. The largest absolute Gasteiger partial charge is 0.492 e. The number of halogens is 3. The number of nitrogens with one attached hydrogen (secondary N) is 2. The van der Waals surface area contributed by atoms with Gasteiger partial charge in [-0.3, -0.25) is 4.79 Å². The van der Waals surface area contributed by atoms with Crippen LogP contribution in [0.25, 0.3) is 0 Å². The molecule has 11 heteroatoms. The second-order valence-electron chi connectivity index (χ2n) is 8.69. The van der Waals surface area contributed by atoms with Crippen LogP contribution in [0, 0.1) is 18.8 Å². The van der Waals surface area contributed by atoms with Crippen molar-refractivity contribution in [1.82, 2.24) is 15.0 Å². The van der Waals surface area contributed by atoms with Crippen LogP contribution < -0.4 is 20.3 Å². The molecule has 8 nitrogen and oxygen atoms in total. The van der Waals surface area contributed by atoms with Crippen molar-refractivity contribution in [3.05, 3.63) is 29.7 Å². The minimum Gasteiger partial charge on any atom is -0.492 e. The Bertz CT molecular complexity index is 991. The van der Waals surface area contributed by atoms with Gasteiger partial charge in [-0.25, -0.2) is 9.97 Å². The van der Waals surface area contributed by atoms with Gasteiger partial charge in [-0.1, -0.05) is 0 Å². The van der Waals surface area contributed by atoms with Crippen LogP contribution in [-0.4, -0.2) is 47.6 Å². The SMILES string of the molecule is Cc1nc(NC[C@H]2CC[C@H](COc3ccc(C(F)(F)F)nc3)CC2)nc2c1NC(=O)CN2C. The molecule has 1 saturated carbocycles. The van der Waals surface area contributed by atoms with E-state index in [1.54, 1.807) is 0 Å². The smallest absolute Gasteiger partial charge is 0.433 e. The minimum atomic E-state index is -4.44. The predicted molar refractivity (Wildman–Crippen MR) is 117 cm³/mol. The lowest BCUT2D eigenvalue weighted by atomic mass is 9.82. The van der Waals surface area contributed by atoms with Gasteiger partial charge in [0, 0.05) is 13.6 Å².